The van der Waals surface area contributed by atoms with E-state index < -0.39 is 5.82 Å². The standard InChI is InChI=1S/C14H16FN3OS2/c1-9-8-21-14(17-9)20-6-2-3-13(19)18-12-5-4-10(15)7-11(12)16/h4-5,7-8H,2-3,6,16H2,1H3,(H,18,19). The SMILES string of the molecule is Cc1csc(SCCCC(=O)Nc2ccc(F)cc2N)n1. The summed E-state index contributed by atoms with van der Waals surface area (Å²) in [5.41, 5.74) is 7.34. The first-order valence-electron chi connectivity index (χ1n) is 6.44. The number of halogens is 1. The molecule has 3 N–H and O–H groups in total. The number of aromatic nitrogens is 1. The van der Waals surface area contributed by atoms with Gasteiger partial charge in [-0.25, -0.2) is 9.37 Å². The Morgan fingerprint density at radius 2 is 2.33 bits per heavy atom. The van der Waals surface area contributed by atoms with Crippen molar-refractivity contribution in [3.05, 3.63) is 35.1 Å². The van der Waals surface area contributed by atoms with Crippen molar-refractivity contribution >= 4 is 40.4 Å². The number of thioether (sulfide) groups is 1. The number of nitrogens with zero attached hydrogens (tertiary/aromatic N) is 1. The van der Waals surface area contributed by atoms with Crippen LogP contribution in [0.3, 0.4) is 0 Å². The minimum atomic E-state index is -0.416. The second-order valence-corrected chi connectivity index (χ2v) is 6.69. The number of nitrogen functional groups attached to an aromatic ring is 1. The first-order chi connectivity index (χ1) is 10.0. The lowest BCUT2D eigenvalue weighted by Gasteiger charge is -2.07. The number of hydrogen-bond acceptors (Lipinski definition) is 5. The lowest BCUT2D eigenvalue weighted by molar-refractivity contribution is -0.116. The van der Waals surface area contributed by atoms with E-state index in [0.29, 0.717) is 12.1 Å². The quantitative estimate of drug-likeness (QED) is 0.483. The third-order valence-corrected chi connectivity index (χ3v) is 4.88. The number of aryl methyl sites for hydroxylation is 1. The lowest BCUT2D eigenvalue weighted by atomic mass is 10.2. The van der Waals surface area contributed by atoms with Gasteiger partial charge in [-0.3, -0.25) is 4.79 Å². The minimum absolute atomic E-state index is 0.121. The van der Waals surface area contributed by atoms with Crippen LogP contribution in [0.25, 0.3) is 0 Å². The molecule has 0 atom stereocenters. The average molecular weight is 325 g/mol. The third-order valence-electron chi connectivity index (χ3n) is 2.66. The molecule has 1 heterocycles. The predicted molar refractivity (Wildman–Crippen MR) is 86.3 cm³/mol. The second kappa shape index (κ2) is 7.42. The molecular formula is C14H16FN3OS2. The Bertz CT molecular complexity index is 630. The van der Waals surface area contributed by atoms with E-state index in [2.05, 4.69) is 10.3 Å². The molecule has 0 radical (unpaired) electrons. The van der Waals surface area contributed by atoms with E-state index in [-0.39, 0.29) is 11.6 Å². The fourth-order valence-electron chi connectivity index (χ4n) is 1.65. The number of nitrogens with one attached hydrogen (secondary N) is 1. The van der Waals surface area contributed by atoms with Gasteiger partial charge in [-0.1, -0.05) is 11.8 Å². The number of benzene rings is 1. The zero-order valence-electron chi connectivity index (χ0n) is 11.6. The maximum atomic E-state index is 12.9. The van der Waals surface area contributed by atoms with Gasteiger partial charge in [-0.2, -0.15) is 0 Å². The molecule has 0 aliphatic rings. The summed E-state index contributed by atoms with van der Waals surface area (Å²) < 4.78 is 13.9. The van der Waals surface area contributed by atoms with Crippen LogP contribution in [0.5, 0.6) is 0 Å². The van der Waals surface area contributed by atoms with Gasteiger partial charge in [0.25, 0.3) is 0 Å². The van der Waals surface area contributed by atoms with Gasteiger partial charge in [0.05, 0.1) is 11.4 Å². The topological polar surface area (TPSA) is 68.0 Å². The number of amides is 1. The van der Waals surface area contributed by atoms with Crippen LogP contribution >= 0.6 is 23.1 Å². The molecule has 0 aliphatic carbocycles. The summed E-state index contributed by atoms with van der Waals surface area (Å²) in [6.45, 7) is 1.96. The molecule has 2 aromatic rings. The number of anilines is 2. The van der Waals surface area contributed by atoms with Crippen LogP contribution < -0.4 is 11.1 Å². The number of nitrogens with two attached hydrogens (primary N) is 1. The zero-order valence-corrected chi connectivity index (χ0v) is 13.2. The van der Waals surface area contributed by atoms with Crippen molar-refractivity contribution in [2.24, 2.45) is 0 Å². The number of rotatable bonds is 6. The Morgan fingerprint density at radius 3 is 3.00 bits per heavy atom. The van der Waals surface area contributed by atoms with Crippen molar-refractivity contribution in [2.75, 3.05) is 16.8 Å². The van der Waals surface area contributed by atoms with Crippen LogP contribution in [0.2, 0.25) is 0 Å². The van der Waals surface area contributed by atoms with Crippen molar-refractivity contribution in [1.82, 2.24) is 4.98 Å². The van der Waals surface area contributed by atoms with E-state index in [9.17, 15) is 9.18 Å². The van der Waals surface area contributed by atoms with E-state index in [0.717, 1.165) is 22.2 Å². The normalized spacial score (nSPS) is 10.6. The van der Waals surface area contributed by atoms with Crippen LogP contribution in [0.4, 0.5) is 15.8 Å². The van der Waals surface area contributed by atoms with Crippen molar-refractivity contribution in [1.29, 1.82) is 0 Å². The van der Waals surface area contributed by atoms with Crippen molar-refractivity contribution < 1.29 is 9.18 Å². The van der Waals surface area contributed by atoms with E-state index in [4.69, 9.17) is 5.73 Å². The maximum Gasteiger partial charge on any atom is 0.224 e. The molecule has 0 aliphatic heterocycles. The molecule has 0 fully saturated rings. The predicted octanol–water partition coefficient (Wildman–Crippen LogP) is 3.68. The molecule has 0 spiro atoms. The molecule has 1 aromatic heterocycles. The molecule has 0 saturated heterocycles. The Morgan fingerprint density at radius 1 is 1.52 bits per heavy atom. The Kier molecular flexibility index (Phi) is 5.58. The fraction of sp³-hybridized carbons (Fsp3) is 0.286. The summed E-state index contributed by atoms with van der Waals surface area (Å²) in [5, 5.41) is 4.69. The largest absolute Gasteiger partial charge is 0.397 e. The highest BCUT2D eigenvalue weighted by Gasteiger charge is 2.06. The van der Waals surface area contributed by atoms with Crippen LogP contribution in [0, 0.1) is 12.7 Å². The summed E-state index contributed by atoms with van der Waals surface area (Å²) in [6.07, 6.45) is 1.14. The number of carbonyl (C=O) groups is 1. The fourth-order valence-corrected chi connectivity index (χ4v) is 3.51. The molecule has 1 aromatic carbocycles. The van der Waals surface area contributed by atoms with Gasteiger partial charge >= 0.3 is 0 Å². The van der Waals surface area contributed by atoms with Crippen LogP contribution in [0.1, 0.15) is 18.5 Å². The summed E-state index contributed by atoms with van der Waals surface area (Å²) in [6, 6.07) is 3.93. The molecule has 7 heteroatoms. The van der Waals surface area contributed by atoms with Crippen molar-refractivity contribution in [2.45, 2.75) is 24.1 Å². The highest BCUT2D eigenvalue weighted by molar-refractivity contribution is 8.01. The molecule has 21 heavy (non-hydrogen) atoms. The lowest BCUT2D eigenvalue weighted by Crippen LogP contribution is -2.12. The number of hydrogen-bond donors (Lipinski definition) is 2. The Hall–Kier alpha value is -1.60. The molecule has 0 saturated carbocycles. The van der Waals surface area contributed by atoms with Gasteiger partial charge in [-0.05, 0) is 31.5 Å². The summed E-state index contributed by atoms with van der Waals surface area (Å²) in [4.78, 5) is 16.1. The summed E-state index contributed by atoms with van der Waals surface area (Å²) in [5.74, 6) is 0.295. The maximum absolute atomic E-state index is 12.9. The minimum Gasteiger partial charge on any atom is -0.397 e. The molecule has 4 nitrogen and oxygen atoms in total. The van der Waals surface area contributed by atoms with E-state index >= 15 is 0 Å². The Balaban J connectivity index is 1.72. The summed E-state index contributed by atoms with van der Waals surface area (Å²) in [7, 11) is 0. The van der Waals surface area contributed by atoms with Gasteiger partial charge < -0.3 is 11.1 Å². The zero-order chi connectivity index (χ0) is 15.2. The third kappa shape index (κ3) is 5.02. The second-order valence-electron chi connectivity index (χ2n) is 4.49. The monoisotopic (exact) mass is 325 g/mol. The molecule has 112 valence electrons. The number of carbonyl (C=O) groups excluding carboxylic acids is 1. The van der Waals surface area contributed by atoms with Crippen molar-refractivity contribution in [3.63, 3.8) is 0 Å². The van der Waals surface area contributed by atoms with Gasteiger partial charge in [0, 0.05) is 23.2 Å². The first kappa shape index (κ1) is 15.8. The van der Waals surface area contributed by atoms with Crippen LogP contribution in [-0.4, -0.2) is 16.6 Å². The van der Waals surface area contributed by atoms with Crippen molar-refractivity contribution in [3.8, 4) is 0 Å². The van der Waals surface area contributed by atoms with Gasteiger partial charge in [0.1, 0.15) is 10.2 Å². The molecule has 1 amide bonds. The van der Waals surface area contributed by atoms with E-state index in [1.807, 2.05) is 12.3 Å². The van der Waals surface area contributed by atoms with E-state index in [1.165, 1.54) is 18.2 Å². The summed E-state index contributed by atoms with van der Waals surface area (Å²) >= 11 is 3.26. The van der Waals surface area contributed by atoms with Crippen LogP contribution in [0.15, 0.2) is 27.9 Å². The smallest absolute Gasteiger partial charge is 0.224 e. The number of thiazole rings is 1. The average Bonchev–Trinajstić information content (AvgIpc) is 2.84. The van der Waals surface area contributed by atoms with E-state index in [1.54, 1.807) is 23.1 Å². The van der Waals surface area contributed by atoms with Crippen LogP contribution in [-0.2, 0) is 4.79 Å². The highest BCUT2D eigenvalue weighted by Crippen LogP contribution is 2.23. The Labute approximate surface area is 131 Å². The molecule has 0 bridgehead atoms. The molecule has 0 unspecified atom stereocenters. The van der Waals surface area contributed by atoms with Gasteiger partial charge in [0.15, 0.2) is 0 Å². The molecule has 2 rings (SSSR count). The first-order valence-corrected chi connectivity index (χ1v) is 8.31. The highest BCUT2D eigenvalue weighted by atomic mass is 32.2. The van der Waals surface area contributed by atoms with Gasteiger partial charge in [-0.15, -0.1) is 11.3 Å². The molecular weight excluding hydrogens is 309 g/mol. The van der Waals surface area contributed by atoms with Gasteiger partial charge in [0.2, 0.25) is 5.91 Å².